The average Bonchev–Trinajstić information content (AvgIpc) is 3.27. The molecule has 2 unspecified atom stereocenters. The van der Waals surface area contributed by atoms with Gasteiger partial charge in [0.2, 0.25) is 5.91 Å². The first-order valence-electron chi connectivity index (χ1n) is 10.7. The number of hydrogen-bond acceptors (Lipinski definition) is 4. The summed E-state index contributed by atoms with van der Waals surface area (Å²) in [7, 11) is 3.45. The summed E-state index contributed by atoms with van der Waals surface area (Å²) in [5.74, 6) is 1.66. The molecule has 3 N–H and O–H groups in total. The Hall–Kier alpha value is -1.55. The molecule has 30 heavy (non-hydrogen) atoms. The first-order chi connectivity index (χ1) is 14.1. The minimum absolute atomic E-state index is 0. The lowest BCUT2D eigenvalue weighted by molar-refractivity contribution is -0.121. The van der Waals surface area contributed by atoms with E-state index < -0.39 is 0 Å². The molecule has 1 heterocycles. The van der Waals surface area contributed by atoms with Crippen LogP contribution in [0, 0.1) is 0 Å². The van der Waals surface area contributed by atoms with Crippen LogP contribution in [0.25, 0.3) is 0 Å². The highest BCUT2D eigenvalue weighted by Gasteiger charge is 2.24. The van der Waals surface area contributed by atoms with E-state index in [1.165, 1.54) is 18.4 Å². The fourth-order valence-electron chi connectivity index (χ4n) is 3.52. The Morgan fingerprint density at radius 3 is 2.63 bits per heavy atom. The average molecular weight is 531 g/mol. The van der Waals surface area contributed by atoms with Crippen LogP contribution in [0.4, 0.5) is 0 Å². The second-order valence-corrected chi connectivity index (χ2v) is 7.54. The van der Waals surface area contributed by atoms with Crippen molar-refractivity contribution in [1.29, 1.82) is 0 Å². The molecule has 0 radical (unpaired) electrons. The normalized spacial score (nSPS) is 16.3. The van der Waals surface area contributed by atoms with Crippen LogP contribution in [0.1, 0.15) is 51.1 Å². The predicted molar refractivity (Wildman–Crippen MR) is 134 cm³/mol. The van der Waals surface area contributed by atoms with E-state index in [-0.39, 0.29) is 42.0 Å². The molecular weight excluding hydrogens is 493 g/mol. The van der Waals surface area contributed by atoms with Gasteiger partial charge in [-0.25, -0.2) is 0 Å². The van der Waals surface area contributed by atoms with E-state index in [2.05, 4.69) is 44.9 Å². The molecule has 1 aromatic carbocycles. The number of aliphatic imine (C=N–C) groups is 1. The van der Waals surface area contributed by atoms with E-state index in [4.69, 9.17) is 4.74 Å². The number of ether oxygens (including phenoxy) is 1. The molecule has 0 aliphatic carbocycles. The smallest absolute Gasteiger partial charge is 0.221 e. The first kappa shape index (κ1) is 26.5. The molecule has 7 nitrogen and oxygen atoms in total. The van der Waals surface area contributed by atoms with E-state index >= 15 is 0 Å². The Balaban J connectivity index is 0.00000450. The summed E-state index contributed by atoms with van der Waals surface area (Å²) in [6.07, 6.45) is 3.83. The molecule has 1 aliphatic rings. The van der Waals surface area contributed by atoms with Crippen molar-refractivity contribution in [2.24, 2.45) is 4.99 Å². The van der Waals surface area contributed by atoms with E-state index in [1.54, 1.807) is 14.2 Å². The lowest BCUT2D eigenvalue weighted by Crippen LogP contribution is -2.44. The van der Waals surface area contributed by atoms with Crippen molar-refractivity contribution < 1.29 is 9.53 Å². The molecule has 1 fully saturated rings. The van der Waals surface area contributed by atoms with Crippen LogP contribution in [0.3, 0.4) is 0 Å². The van der Waals surface area contributed by atoms with Gasteiger partial charge in [-0.1, -0.05) is 19.1 Å². The van der Waals surface area contributed by atoms with Gasteiger partial charge in [-0.05, 0) is 57.0 Å². The minimum atomic E-state index is 0. The molecule has 2 atom stereocenters. The monoisotopic (exact) mass is 531 g/mol. The van der Waals surface area contributed by atoms with Gasteiger partial charge in [0, 0.05) is 32.6 Å². The zero-order chi connectivity index (χ0) is 21.1. The highest BCUT2D eigenvalue weighted by Crippen LogP contribution is 2.27. The second kappa shape index (κ2) is 14.5. The van der Waals surface area contributed by atoms with Crippen molar-refractivity contribution in [2.75, 3.05) is 40.3 Å². The molecule has 8 heteroatoms. The van der Waals surface area contributed by atoms with E-state index in [0.717, 1.165) is 31.8 Å². The highest BCUT2D eigenvalue weighted by molar-refractivity contribution is 14.0. The molecule has 0 saturated carbocycles. The van der Waals surface area contributed by atoms with Crippen molar-refractivity contribution in [3.63, 3.8) is 0 Å². The number of benzene rings is 1. The highest BCUT2D eigenvalue weighted by atomic mass is 127. The number of carbonyl (C=O) groups is 1. The number of rotatable bonds is 10. The summed E-state index contributed by atoms with van der Waals surface area (Å²) in [4.78, 5) is 18.8. The van der Waals surface area contributed by atoms with Crippen LogP contribution in [0.2, 0.25) is 0 Å². The number of likely N-dealkylation sites (tertiary alicyclic amines) is 1. The Bertz CT molecular complexity index is 665. The van der Waals surface area contributed by atoms with Crippen molar-refractivity contribution in [1.82, 2.24) is 20.9 Å². The Labute approximate surface area is 198 Å². The predicted octanol–water partition coefficient (Wildman–Crippen LogP) is 2.92. The molecule has 1 amide bonds. The third-order valence-corrected chi connectivity index (χ3v) is 5.41. The first-order valence-corrected chi connectivity index (χ1v) is 10.7. The van der Waals surface area contributed by atoms with Crippen LogP contribution in [-0.2, 0) is 4.79 Å². The number of nitrogens with zero attached hydrogens (tertiary/aromatic N) is 2. The summed E-state index contributed by atoms with van der Waals surface area (Å²) < 4.78 is 5.41. The molecule has 1 saturated heterocycles. The van der Waals surface area contributed by atoms with Gasteiger partial charge in [0.15, 0.2) is 5.96 Å². The van der Waals surface area contributed by atoms with Crippen LogP contribution in [-0.4, -0.2) is 63.1 Å². The summed E-state index contributed by atoms with van der Waals surface area (Å²) in [6, 6.07) is 8.75. The number of nitrogens with one attached hydrogen (secondary N) is 3. The SMILES string of the molecule is CCC(C)NC(=O)CCNC(=NC)NCC(c1cccc(OC)c1)N1CCCC1.I. The Morgan fingerprint density at radius 2 is 2.00 bits per heavy atom. The number of guanidine groups is 1. The summed E-state index contributed by atoms with van der Waals surface area (Å²) >= 11 is 0. The van der Waals surface area contributed by atoms with Gasteiger partial charge in [-0.3, -0.25) is 14.7 Å². The third kappa shape index (κ3) is 8.67. The van der Waals surface area contributed by atoms with Crippen LogP contribution in [0.5, 0.6) is 5.75 Å². The zero-order valence-corrected chi connectivity index (χ0v) is 21.1. The zero-order valence-electron chi connectivity index (χ0n) is 18.7. The third-order valence-electron chi connectivity index (χ3n) is 5.41. The van der Waals surface area contributed by atoms with Gasteiger partial charge >= 0.3 is 0 Å². The maximum absolute atomic E-state index is 11.9. The van der Waals surface area contributed by atoms with E-state index in [1.807, 2.05) is 19.1 Å². The number of halogens is 1. The maximum Gasteiger partial charge on any atom is 0.221 e. The van der Waals surface area contributed by atoms with E-state index in [0.29, 0.717) is 18.9 Å². The number of amides is 1. The van der Waals surface area contributed by atoms with Gasteiger partial charge in [-0.2, -0.15) is 0 Å². The Morgan fingerprint density at radius 1 is 1.27 bits per heavy atom. The quantitative estimate of drug-likeness (QED) is 0.246. The minimum Gasteiger partial charge on any atom is -0.497 e. The molecular formula is C22H38IN5O2. The number of carbonyl (C=O) groups excluding carboxylic acids is 1. The van der Waals surface area contributed by atoms with Gasteiger partial charge in [0.25, 0.3) is 0 Å². The van der Waals surface area contributed by atoms with E-state index in [9.17, 15) is 4.79 Å². The fourth-order valence-corrected chi connectivity index (χ4v) is 3.52. The van der Waals surface area contributed by atoms with Crippen molar-refractivity contribution in [3.05, 3.63) is 29.8 Å². The van der Waals surface area contributed by atoms with Gasteiger partial charge in [0.1, 0.15) is 5.75 Å². The molecule has 0 spiro atoms. The molecule has 2 rings (SSSR count). The van der Waals surface area contributed by atoms with Gasteiger partial charge < -0.3 is 20.7 Å². The van der Waals surface area contributed by atoms with Crippen LogP contribution in [0.15, 0.2) is 29.3 Å². The fraction of sp³-hybridized carbons (Fsp3) is 0.636. The van der Waals surface area contributed by atoms with Crippen LogP contribution < -0.4 is 20.7 Å². The van der Waals surface area contributed by atoms with Crippen molar-refractivity contribution in [2.45, 2.75) is 51.6 Å². The number of hydrogen-bond donors (Lipinski definition) is 3. The largest absolute Gasteiger partial charge is 0.497 e. The molecule has 1 aliphatic heterocycles. The molecule has 170 valence electrons. The molecule has 0 aromatic heterocycles. The lowest BCUT2D eigenvalue weighted by Gasteiger charge is -2.29. The van der Waals surface area contributed by atoms with Gasteiger partial charge in [0.05, 0.1) is 13.2 Å². The lowest BCUT2D eigenvalue weighted by atomic mass is 10.1. The standard InChI is InChI=1S/C22H37N5O2.HI/c1-5-17(2)26-21(28)11-12-24-22(23-3)25-16-20(27-13-6-7-14-27)18-9-8-10-19(15-18)29-4;/h8-10,15,17,20H,5-7,11-14,16H2,1-4H3,(H,26,28)(H2,23,24,25);1H. The maximum atomic E-state index is 11.9. The van der Waals surface area contributed by atoms with Crippen LogP contribution >= 0.6 is 24.0 Å². The second-order valence-electron chi connectivity index (χ2n) is 7.54. The summed E-state index contributed by atoms with van der Waals surface area (Å²) in [6.45, 7) is 7.58. The topological polar surface area (TPSA) is 78.0 Å². The molecule has 0 bridgehead atoms. The Kier molecular flexibility index (Phi) is 12.8. The number of methoxy groups -OCH3 is 1. The summed E-state index contributed by atoms with van der Waals surface area (Å²) in [5, 5.41) is 9.66. The van der Waals surface area contributed by atoms with Crippen molar-refractivity contribution >= 4 is 35.8 Å². The van der Waals surface area contributed by atoms with Gasteiger partial charge in [-0.15, -0.1) is 24.0 Å². The summed E-state index contributed by atoms with van der Waals surface area (Å²) in [5.41, 5.74) is 1.24. The molecule has 1 aromatic rings. The van der Waals surface area contributed by atoms with Crippen molar-refractivity contribution in [3.8, 4) is 5.75 Å².